The summed E-state index contributed by atoms with van der Waals surface area (Å²) in [4.78, 5) is 14.7. The van der Waals surface area contributed by atoms with Crippen molar-refractivity contribution in [2.45, 2.75) is 6.42 Å². The molecule has 0 aliphatic rings. The monoisotopic (exact) mass is 237 g/mol. The lowest BCUT2D eigenvalue weighted by molar-refractivity contribution is 0.0702. The van der Waals surface area contributed by atoms with Crippen molar-refractivity contribution in [2.24, 2.45) is 0 Å². The van der Waals surface area contributed by atoms with Gasteiger partial charge < -0.3 is 5.11 Å². The molecule has 1 aromatic carbocycles. The van der Waals surface area contributed by atoms with Crippen LogP contribution in [-0.2, 0) is 6.42 Å². The summed E-state index contributed by atoms with van der Waals surface area (Å²) in [5.41, 5.74) is 0.522. The van der Waals surface area contributed by atoms with Crippen LogP contribution in [0.1, 0.15) is 20.2 Å². The van der Waals surface area contributed by atoms with Gasteiger partial charge in [0.25, 0.3) is 0 Å². The summed E-state index contributed by atoms with van der Waals surface area (Å²) < 4.78 is 13.3. The molecular weight excluding hydrogens is 229 g/mol. The third kappa shape index (κ3) is 2.25. The number of aromatic carboxylic acids is 1. The fourth-order valence-corrected chi connectivity index (χ4v) is 2.08. The van der Waals surface area contributed by atoms with Crippen molar-refractivity contribution in [3.8, 4) is 0 Å². The quantitative estimate of drug-likeness (QED) is 0.892. The number of benzene rings is 1. The van der Waals surface area contributed by atoms with Crippen molar-refractivity contribution in [3.05, 3.63) is 51.7 Å². The van der Waals surface area contributed by atoms with Crippen LogP contribution in [0.2, 0.25) is 0 Å². The Morgan fingerprint density at radius 3 is 2.81 bits per heavy atom. The minimum Gasteiger partial charge on any atom is -0.477 e. The van der Waals surface area contributed by atoms with Crippen molar-refractivity contribution >= 4 is 17.3 Å². The van der Waals surface area contributed by atoms with Crippen LogP contribution in [0.3, 0.4) is 0 Å². The summed E-state index contributed by atoms with van der Waals surface area (Å²) in [5, 5.41) is 9.31. The maximum absolute atomic E-state index is 13.3. The highest BCUT2D eigenvalue weighted by Gasteiger charge is 2.10. The Kier molecular flexibility index (Phi) is 2.96. The Hall–Kier alpha value is -1.75. The van der Waals surface area contributed by atoms with Gasteiger partial charge in [0.2, 0.25) is 0 Å². The lowest BCUT2D eigenvalue weighted by Gasteiger charge is -1.98. The molecule has 2 aromatic rings. The number of carboxylic acid groups (broad SMARTS) is 1. The normalized spacial score (nSPS) is 10.3. The predicted molar refractivity (Wildman–Crippen MR) is 58.3 cm³/mol. The summed E-state index contributed by atoms with van der Waals surface area (Å²) in [6.07, 6.45) is 1.62. The van der Waals surface area contributed by atoms with E-state index in [1.807, 2.05) is 0 Å². The number of carbonyl (C=O) groups is 1. The maximum atomic E-state index is 13.3. The summed E-state index contributed by atoms with van der Waals surface area (Å²) >= 11 is 1.07. The van der Waals surface area contributed by atoms with Crippen LogP contribution < -0.4 is 0 Å². The minimum atomic E-state index is -1.00. The van der Waals surface area contributed by atoms with Crippen molar-refractivity contribution in [3.63, 3.8) is 0 Å². The van der Waals surface area contributed by atoms with Gasteiger partial charge in [-0.3, -0.25) is 0 Å². The number of thiazole rings is 1. The van der Waals surface area contributed by atoms with Crippen molar-refractivity contribution in [1.82, 2.24) is 4.98 Å². The van der Waals surface area contributed by atoms with E-state index in [9.17, 15) is 9.18 Å². The van der Waals surface area contributed by atoms with Gasteiger partial charge >= 0.3 is 5.97 Å². The number of carboxylic acids is 1. The Morgan fingerprint density at radius 1 is 1.44 bits per heavy atom. The van der Waals surface area contributed by atoms with Gasteiger partial charge in [-0.25, -0.2) is 14.2 Å². The zero-order valence-corrected chi connectivity index (χ0v) is 9.00. The Balaban J connectivity index is 2.21. The molecule has 3 nitrogen and oxygen atoms in total. The molecule has 0 unspecified atom stereocenters. The number of hydrogen-bond donors (Lipinski definition) is 1. The van der Waals surface area contributed by atoms with Gasteiger partial charge in [0.05, 0.1) is 11.2 Å². The van der Waals surface area contributed by atoms with E-state index in [4.69, 9.17) is 5.11 Å². The van der Waals surface area contributed by atoms with E-state index in [2.05, 4.69) is 4.98 Å². The van der Waals surface area contributed by atoms with Gasteiger partial charge in [0.15, 0.2) is 0 Å². The van der Waals surface area contributed by atoms with E-state index in [-0.39, 0.29) is 10.7 Å². The molecule has 82 valence electrons. The van der Waals surface area contributed by atoms with Crippen LogP contribution in [-0.4, -0.2) is 16.1 Å². The van der Waals surface area contributed by atoms with Crippen LogP contribution in [0.25, 0.3) is 0 Å². The highest BCUT2D eigenvalue weighted by atomic mass is 32.1. The molecule has 0 atom stereocenters. The average molecular weight is 237 g/mol. The molecule has 0 aliphatic carbocycles. The zero-order valence-electron chi connectivity index (χ0n) is 8.18. The summed E-state index contributed by atoms with van der Waals surface area (Å²) in [6.45, 7) is 0. The first-order valence-corrected chi connectivity index (χ1v) is 5.40. The maximum Gasteiger partial charge on any atom is 0.347 e. The van der Waals surface area contributed by atoms with Crippen LogP contribution in [0.5, 0.6) is 0 Å². The summed E-state index contributed by atoms with van der Waals surface area (Å²) in [7, 11) is 0. The molecule has 0 fully saturated rings. The molecular formula is C11H8FNO2S. The van der Waals surface area contributed by atoms with Crippen LogP contribution in [0.4, 0.5) is 4.39 Å². The molecule has 0 amide bonds. The second-order valence-electron chi connectivity index (χ2n) is 3.19. The molecule has 0 spiro atoms. The first-order valence-electron chi connectivity index (χ1n) is 4.58. The molecule has 1 heterocycles. The first-order chi connectivity index (χ1) is 7.66. The summed E-state index contributed by atoms with van der Waals surface area (Å²) in [6, 6.07) is 6.39. The zero-order chi connectivity index (χ0) is 11.5. The first kappa shape index (κ1) is 10.8. The Bertz CT molecular complexity index is 524. The van der Waals surface area contributed by atoms with Gasteiger partial charge in [-0.1, -0.05) is 18.2 Å². The van der Waals surface area contributed by atoms with Crippen LogP contribution in [0, 0.1) is 5.82 Å². The number of hydrogen-bond acceptors (Lipinski definition) is 3. The van der Waals surface area contributed by atoms with Gasteiger partial charge in [-0.2, -0.15) is 0 Å². The van der Waals surface area contributed by atoms with Crippen molar-refractivity contribution in [2.75, 3.05) is 0 Å². The standard InChI is InChI=1S/C11H8FNO2S/c12-8-4-2-1-3-7(8)5-10-13-6-9(16-10)11(14)15/h1-4,6H,5H2,(H,14,15). The molecule has 0 bridgehead atoms. The fourth-order valence-electron chi connectivity index (χ4n) is 1.30. The molecule has 0 saturated carbocycles. The van der Waals surface area contributed by atoms with E-state index in [0.717, 1.165) is 11.3 Å². The van der Waals surface area contributed by atoms with Crippen molar-refractivity contribution in [1.29, 1.82) is 0 Å². The minimum absolute atomic E-state index is 0.173. The Labute approximate surface area is 95.2 Å². The molecule has 16 heavy (non-hydrogen) atoms. The highest BCUT2D eigenvalue weighted by molar-refractivity contribution is 7.13. The second-order valence-corrected chi connectivity index (χ2v) is 4.31. The lowest BCUT2D eigenvalue weighted by atomic mass is 10.1. The molecule has 0 aliphatic heterocycles. The smallest absolute Gasteiger partial charge is 0.347 e. The van der Waals surface area contributed by atoms with E-state index >= 15 is 0 Å². The van der Waals surface area contributed by atoms with E-state index in [1.54, 1.807) is 18.2 Å². The number of nitrogens with zero attached hydrogens (tertiary/aromatic N) is 1. The van der Waals surface area contributed by atoms with Gasteiger partial charge in [0.1, 0.15) is 10.7 Å². The SMILES string of the molecule is O=C(O)c1cnc(Cc2ccccc2F)s1. The molecule has 2 rings (SSSR count). The van der Waals surface area contributed by atoms with Crippen molar-refractivity contribution < 1.29 is 14.3 Å². The van der Waals surface area contributed by atoms with Crippen LogP contribution in [0.15, 0.2) is 30.5 Å². The van der Waals surface area contributed by atoms with Gasteiger partial charge in [0, 0.05) is 6.42 Å². The lowest BCUT2D eigenvalue weighted by Crippen LogP contribution is -1.91. The molecule has 1 aromatic heterocycles. The van der Waals surface area contributed by atoms with Crippen LogP contribution >= 0.6 is 11.3 Å². The molecule has 1 N–H and O–H groups in total. The molecule has 0 saturated heterocycles. The van der Waals surface area contributed by atoms with E-state index in [0.29, 0.717) is 17.0 Å². The topological polar surface area (TPSA) is 50.2 Å². The number of aromatic nitrogens is 1. The molecule has 5 heteroatoms. The second kappa shape index (κ2) is 4.40. The van der Waals surface area contributed by atoms with E-state index < -0.39 is 5.97 Å². The summed E-state index contributed by atoms with van der Waals surface area (Å²) in [5.74, 6) is -1.30. The van der Waals surface area contributed by atoms with E-state index in [1.165, 1.54) is 12.3 Å². The van der Waals surface area contributed by atoms with Gasteiger partial charge in [-0.15, -0.1) is 11.3 Å². The fraction of sp³-hybridized carbons (Fsp3) is 0.0909. The molecule has 0 radical (unpaired) electrons. The Morgan fingerprint density at radius 2 is 2.19 bits per heavy atom. The van der Waals surface area contributed by atoms with Gasteiger partial charge in [-0.05, 0) is 11.6 Å². The average Bonchev–Trinajstić information content (AvgIpc) is 2.70. The number of rotatable bonds is 3. The third-order valence-corrected chi connectivity index (χ3v) is 3.05. The highest BCUT2D eigenvalue weighted by Crippen LogP contribution is 2.18. The largest absolute Gasteiger partial charge is 0.477 e. The predicted octanol–water partition coefficient (Wildman–Crippen LogP) is 2.57. The number of halogens is 1. The third-order valence-electron chi connectivity index (χ3n) is 2.06.